The second-order valence-electron chi connectivity index (χ2n) is 7.64. The van der Waals surface area contributed by atoms with Crippen molar-refractivity contribution in [2.24, 2.45) is 5.92 Å². The molecule has 2 amide bonds. The number of hydrogen-bond donors (Lipinski definition) is 1. The number of ether oxygens (including phenoxy) is 1. The van der Waals surface area contributed by atoms with Gasteiger partial charge in [0, 0.05) is 19.6 Å². The molecular weight excluding hydrogens is 364 g/mol. The fraction of sp³-hybridized carbons (Fsp3) is 0.417. The second-order valence-corrected chi connectivity index (χ2v) is 7.64. The summed E-state index contributed by atoms with van der Waals surface area (Å²) in [6.07, 6.45) is 3.70. The Balaban J connectivity index is 1.35. The molecule has 1 aliphatic rings. The van der Waals surface area contributed by atoms with E-state index >= 15 is 0 Å². The number of hydrogen-bond acceptors (Lipinski definition) is 3. The molecule has 0 atom stereocenters. The van der Waals surface area contributed by atoms with Crippen molar-refractivity contribution < 1.29 is 14.3 Å². The van der Waals surface area contributed by atoms with E-state index in [0.29, 0.717) is 18.9 Å². The summed E-state index contributed by atoms with van der Waals surface area (Å²) in [5.41, 5.74) is 2.45. The van der Waals surface area contributed by atoms with Crippen LogP contribution in [0.4, 0.5) is 0 Å². The lowest BCUT2D eigenvalue weighted by molar-refractivity contribution is -0.137. The largest absolute Gasteiger partial charge is 0.497 e. The van der Waals surface area contributed by atoms with Gasteiger partial charge in [0.15, 0.2) is 0 Å². The lowest BCUT2D eigenvalue weighted by Gasteiger charge is -2.32. The van der Waals surface area contributed by atoms with E-state index in [1.165, 1.54) is 5.56 Å². The zero-order valence-electron chi connectivity index (χ0n) is 17.1. The smallest absolute Gasteiger partial charge is 0.232 e. The molecule has 1 saturated heterocycles. The van der Waals surface area contributed by atoms with Crippen molar-refractivity contribution in [3.05, 3.63) is 65.7 Å². The summed E-state index contributed by atoms with van der Waals surface area (Å²) in [5.74, 6) is 1.14. The fourth-order valence-electron chi connectivity index (χ4n) is 3.82. The number of carbonyl (C=O) groups is 2. The highest BCUT2D eigenvalue weighted by Crippen LogP contribution is 2.22. The maximum atomic E-state index is 12.4. The van der Waals surface area contributed by atoms with Crippen LogP contribution in [0.3, 0.4) is 0 Å². The summed E-state index contributed by atoms with van der Waals surface area (Å²) in [4.78, 5) is 26.4. The van der Waals surface area contributed by atoms with Gasteiger partial charge in [-0.25, -0.2) is 0 Å². The van der Waals surface area contributed by atoms with E-state index in [2.05, 4.69) is 29.6 Å². The zero-order chi connectivity index (χ0) is 20.5. The standard InChI is InChI=1S/C24H30N2O3/c1-29-22-9-5-8-20(17-22)10-13-25-23(27)18-24(28)26-14-11-21(12-15-26)16-19-6-3-2-4-7-19/h2-9,17,21H,10-16,18H2,1H3,(H,25,27). The third-order valence-electron chi connectivity index (χ3n) is 5.52. The van der Waals surface area contributed by atoms with Gasteiger partial charge in [0.1, 0.15) is 12.2 Å². The van der Waals surface area contributed by atoms with E-state index in [1.54, 1.807) is 7.11 Å². The molecule has 3 rings (SSSR count). The van der Waals surface area contributed by atoms with Gasteiger partial charge in [-0.05, 0) is 54.9 Å². The van der Waals surface area contributed by atoms with Crippen LogP contribution in [0.15, 0.2) is 54.6 Å². The average molecular weight is 395 g/mol. The maximum absolute atomic E-state index is 12.4. The Morgan fingerprint density at radius 2 is 1.76 bits per heavy atom. The average Bonchev–Trinajstić information content (AvgIpc) is 2.75. The van der Waals surface area contributed by atoms with Crippen LogP contribution >= 0.6 is 0 Å². The number of likely N-dealkylation sites (tertiary alicyclic amines) is 1. The minimum atomic E-state index is -0.204. The van der Waals surface area contributed by atoms with Crippen molar-refractivity contribution >= 4 is 11.8 Å². The normalized spacial score (nSPS) is 14.4. The Morgan fingerprint density at radius 3 is 2.48 bits per heavy atom. The zero-order valence-corrected chi connectivity index (χ0v) is 17.1. The van der Waals surface area contributed by atoms with E-state index in [9.17, 15) is 9.59 Å². The highest BCUT2D eigenvalue weighted by atomic mass is 16.5. The van der Waals surface area contributed by atoms with Crippen LogP contribution in [-0.2, 0) is 22.4 Å². The number of amides is 2. The van der Waals surface area contributed by atoms with Crippen molar-refractivity contribution in [1.29, 1.82) is 0 Å². The van der Waals surface area contributed by atoms with E-state index in [4.69, 9.17) is 4.74 Å². The monoisotopic (exact) mass is 394 g/mol. The molecule has 154 valence electrons. The predicted molar refractivity (Wildman–Crippen MR) is 114 cm³/mol. The lowest BCUT2D eigenvalue weighted by Crippen LogP contribution is -2.41. The van der Waals surface area contributed by atoms with Crippen LogP contribution < -0.4 is 10.1 Å². The highest BCUT2D eigenvalue weighted by Gasteiger charge is 2.24. The molecule has 29 heavy (non-hydrogen) atoms. The second kappa shape index (κ2) is 10.6. The van der Waals surface area contributed by atoms with Crippen molar-refractivity contribution in [3.63, 3.8) is 0 Å². The molecule has 1 N–H and O–H groups in total. The Labute approximate surface area is 173 Å². The maximum Gasteiger partial charge on any atom is 0.232 e. The first kappa shape index (κ1) is 20.9. The number of piperidine rings is 1. The summed E-state index contributed by atoms with van der Waals surface area (Å²) >= 11 is 0. The molecule has 0 saturated carbocycles. The minimum Gasteiger partial charge on any atom is -0.497 e. The summed E-state index contributed by atoms with van der Waals surface area (Å²) in [5, 5.41) is 2.85. The van der Waals surface area contributed by atoms with Crippen molar-refractivity contribution in [1.82, 2.24) is 10.2 Å². The number of benzene rings is 2. The number of nitrogens with zero attached hydrogens (tertiary/aromatic N) is 1. The van der Waals surface area contributed by atoms with Crippen LogP contribution in [0.25, 0.3) is 0 Å². The molecule has 0 aliphatic carbocycles. The van der Waals surface area contributed by atoms with Crippen LogP contribution in [0, 0.1) is 5.92 Å². The molecule has 0 aromatic heterocycles. The summed E-state index contributed by atoms with van der Waals surface area (Å²) < 4.78 is 5.21. The first-order valence-electron chi connectivity index (χ1n) is 10.4. The Kier molecular flexibility index (Phi) is 7.68. The van der Waals surface area contributed by atoms with Gasteiger partial charge in [0.25, 0.3) is 0 Å². The Hall–Kier alpha value is -2.82. The van der Waals surface area contributed by atoms with Gasteiger partial charge in [-0.3, -0.25) is 9.59 Å². The van der Waals surface area contributed by atoms with Gasteiger partial charge < -0.3 is 15.0 Å². The molecule has 1 fully saturated rings. The molecule has 2 aromatic rings. The molecule has 1 heterocycles. The number of nitrogens with one attached hydrogen (secondary N) is 1. The molecule has 0 unspecified atom stereocenters. The van der Waals surface area contributed by atoms with Gasteiger partial charge in [-0.2, -0.15) is 0 Å². The molecule has 5 heteroatoms. The number of methoxy groups -OCH3 is 1. The third kappa shape index (κ3) is 6.63. The van der Waals surface area contributed by atoms with E-state index in [-0.39, 0.29) is 18.2 Å². The Bertz CT molecular complexity index is 799. The molecule has 5 nitrogen and oxygen atoms in total. The summed E-state index contributed by atoms with van der Waals surface area (Å²) in [6, 6.07) is 18.3. The first-order valence-corrected chi connectivity index (χ1v) is 10.4. The van der Waals surface area contributed by atoms with Crippen LogP contribution in [-0.4, -0.2) is 43.5 Å². The van der Waals surface area contributed by atoms with Gasteiger partial charge in [0.05, 0.1) is 7.11 Å². The SMILES string of the molecule is COc1cccc(CCNC(=O)CC(=O)N2CCC(Cc3ccccc3)CC2)c1. The summed E-state index contributed by atoms with van der Waals surface area (Å²) in [7, 11) is 1.64. The van der Waals surface area contributed by atoms with E-state index < -0.39 is 0 Å². The van der Waals surface area contributed by atoms with Crippen molar-refractivity contribution in [2.75, 3.05) is 26.7 Å². The fourth-order valence-corrected chi connectivity index (χ4v) is 3.82. The predicted octanol–water partition coefficient (Wildman–Crippen LogP) is 3.23. The first-order chi connectivity index (χ1) is 14.1. The van der Waals surface area contributed by atoms with Gasteiger partial charge in [-0.15, -0.1) is 0 Å². The van der Waals surface area contributed by atoms with Crippen LogP contribution in [0.2, 0.25) is 0 Å². The molecule has 1 aliphatic heterocycles. The van der Waals surface area contributed by atoms with Gasteiger partial charge in [-0.1, -0.05) is 42.5 Å². The number of carbonyl (C=O) groups excluding carboxylic acids is 2. The molecule has 0 bridgehead atoms. The van der Waals surface area contributed by atoms with Crippen LogP contribution in [0.1, 0.15) is 30.4 Å². The van der Waals surface area contributed by atoms with Crippen molar-refractivity contribution in [3.8, 4) is 5.75 Å². The topological polar surface area (TPSA) is 58.6 Å². The minimum absolute atomic E-state index is 0.0676. The quantitative estimate of drug-likeness (QED) is 0.700. The molecule has 0 radical (unpaired) electrons. The molecule has 0 spiro atoms. The Morgan fingerprint density at radius 1 is 1.03 bits per heavy atom. The summed E-state index contributed by atoms with van der Waals surface area (Å²) in [6.45, 7) is 2.00. The van der Waals surface area contributed by atoms with E-state index in [0.717, 1.165) is 43.7 Å². The van der Waals surface area contributed by atoms with Crippen molar-refractivity contribution in [2.45, 2.75) is 32.1 Å². The molecular formula is C24H30N2O3. The van der Waals surface area contributed by atoms with Gasteiger partial charge >= 0.3 is 0 Å². The van der Waals surface area contributed by atoms with Crippen LogP contribution in [0.5, 0.6) is 5.75 Å². The molecule has 2 aromatic carbocycles. The highest BCUT2D eigenvalue weighted by molar-refractivity contribution is 5.96. The number of rotatable bonds is 8. The van der Waals surface area contributed by atoms with Gasteiger partial charge in [0.2, 0.25) is 11.8 Å². The third-order valence-corrected chi connectivity index (χ3v) is 5.52. The van der Waals surface area contributed by atoms with E-state index in [1.807, 2.05) is 35.2 Å². The lowest BCUT2D eigenvalue weighted by atomic mass is 9.90.